The molecule has 0 aliphatic heterocycles. The van der Waals surface area contributed by atoms with Gasteiger partial charge in [0.25, 0.3) is 0 Å². The summed E-state index contributed by atoms with van der Waals surface area (Å²) in [5.74, 6) is -0.868. The summed E-state index contributed by atoms with van der Waals surface area (Å²) in [6.07, 6.45) is 0.414. The lowest BCUT2D eigenvalue weighted by Gasteiger charge is -2.24. The van der Waals surface area contributed by atoms with Crippen molar-refractivity contribution in [2.45, 2.75) is 31.9 Å². The summed E-state index contributed by atoms with van der Waals surface area (Å²) >= 11 is 0. The van der Waals surface area contributed by atoms with Gasteiger partial charge in [-0.25, -0.2) is 0 Å². The Labute approximate surface area is 90.8 Å². The van der Waals surface area contributed by atoms with E-state index in [-0.39, 0.29) is 6.10 Å². The van der Waals surface area contributed by atoms with E-state index in [1.165, 1.54) is 0 Å². The smallest absolute Gasteiger partial charge is 0.323 e. The minimum Gasteiger partial charge on any atom is -0.480 e. The van der Waals surface area contributed by atoms with Crippen LogP contribution in [0, 0.1) is 0 Å². The van der Waals surface area contributed by atoms with Crippen LogP contribution < -0.4 is 5.32 Å². The van der Waals surface area contributed by atoms with Crippen molar-refractivity contribution in [1.82, 2.24) is 5.32 Å². The van der Waals surface area contributed by atoms with Crippen LogP contribution in [0.25, 0.3) is 0 Å². The number of hydrogen-bond acceptors (Lipinski definition) is 4. The lowest BCUT2D eigenvalue weighted by Crippen LogP contribution is -2.48. The SMILES string of the molecule is CNC(C)(CCOC(C)COC)C(=O)O. The molecule has 0 aliphatic carbocycles. The highest BCUT2D eigenvalue weighted by molar-refractivity contribution is 5.78. The van der Waals surface area contributed by atoms with Gasteiger partial charge in [-0.2, -0.15) is 0 Å². The first-order valence-electron chi connectivity index (χ1n) is 4.99. The molecule has 2 unspecified atom stereocenters. The van der Waals surface area contributed by atoms with Crippen LogP contribution in [0.3, 0.4) is 0 Å². The van der Waals surface area contributed by atoms with Crippen LogP contribution in [-0.2, 0) is 14.3 Å². The number of hydrogen-bond donors (Lipinski definition) is 2. The normalized spacial score (nSPS) is 17.1. The molecule has 15 heavy (non-hydrogen) atoms. The highest BCUT2D eigenvalue weighted by Crippen LogP contribution is 2.09. The Hall–Kier alpha value is -0.650. The van der Waals surface area contributed by atoms with Crippen LogP contribution in [-0.4, -0.2) is 50.1 Å². The Bertz CT molecular complexity index is 198. The van der Waals surface area contributed by atoms with Crippen molar-refractivity contribution >= 4 is 5.97 Å². The second kappa shape index (κ2) is 6.76. The van der Waals surface area contributed by atoms with Crippen molar-refractivity contribution in [2.24, 2.45) is 0 Å². The van der Waals surface area contributed by atoms with E-state index in [0.717, 1.165) is 0 Å². The predicted molar refractivity (Wildman–Crippen MR) is 57.0 cm³/mol. The number of methoxy groups -OCH3 is 1. The average molecular weight is 219 g/mol. The van der Waals surface area contributed by atoms with Crippen LogP contribution in [0.4, 0.5) is 0 Å². The first-order chi connectivity index (χ1) is 6.96. The van der Waals surface area contributed by atoms with Gasteiger partial charge in [0.15, 0.2) is 0 Å². The summed E-state index contributed by atoms with van der Waals surface area (Å²) < 4.78 is 10.3. The number of aliphatic carboxylic acids is 1. The highest BCUT2D eigenvalue weighted by Gasteiger charge is 2.30. The fraction of sp³-hybridized carbons (Fsp3) is 0.900. The van der Waals surface area contributed by atoms with E-state index in [4.69, 9.17) is 14.6 Å². The molecule has 2 atom stereocenters. The predicted octanol–water partition coefficient (Wildman–Crippen LogP) is 0.491. The molecule has 0 fully saturated rings. The molecule has 5 heteroatoms. The Morgan fingerprint density at radius 3 is 2.60 bits per heavy atom. The second-order valence-electron chi connectivity index (χ2n) is 3.77. The van der Waals surface area contributed by atoms with Crippen LogP contribution in [0.2, 0.25) is 0 Å². The molecule has 0 bridgehead atoms. The van der Waals surface area contributed by atoms with E-state index >= 15 is 0 Å². The van der Waals surface area contributed by atoms with Gasteiger partial charge in [0.2, 0.25) is 0 Å². The molecule has 0 amide bonds. The molecule has 0 rings (SSSR count). The second-order valence-corrected chi connectivity index (χ2v) is 3.77. The topological polar surface area (TPSA) is 67.8 Å². The fourth-order valence-electron chi connectivity index (χ4n) is 1.09. The van der Waals surface area contributed by atoms with Crippen LogP contribution in [0.5, 0.6) is 0 Å². The van der Waals surface area contributed by atoms with Crippen molar-refractivity contribution in [3.05, 3.63) is 0 Å². The minimum absolute atomic E-state index is 0.00935. The van der Waals surface area contributed by atoms with Gasteiger partial charge in [-0.1, -0.05) is 0 Å². The Balaban J connectivity index is 3.87. The van der Waals surface area contributed by atoms with Crippen LogP contribution >= 0.6 is 0 Å². The number of carbonyl (C=O) groups is 1. The molecule has 0 saturated carbocycles. The zero-order valence-corrected chi connectivity index (χ0v) is 9.87. The largest absolute Gasteiger partial charge is 0.480 e. The number of rotatable bonds is 8. The van der Waals surface area contributed by atoms with Crippen molar-refractivity contribution in [1.29, 1.82) is 0 Å². The molecule has 5 nitrogen and oxygen atoms in total. The third-order valence-corrected chi connectivity index (χ3v) is 2.43. The summed E-state index contributed by atoms with van der Waals surface area (Å²) in [7, 11) is 3.24. The molecule has 0 radical (unpaired) electrons. The number of carboxylic acids is 1. The zero-order chi connectivity index (χ0) is 11.9. The maximum atomic E-state index is 10.9. The maximum absolute atomic E-state index is 10.9. The van der Waals surface area contributed by atoms with Crippen molar-refractivity contribution in [3.63, 3.8) is 0 Å². The molecule has 0 aliphatic rings. The highest BCUT2D eigenvalue weighted by atomic mass is 16.5. The minimum atomic E-state index is -0.924. The fourth-order valence-corrected chi connectivity index (χ4v) is 1.09. The quantitative estimate of drug-likeness (QED) is 0.622. The van der Waals surface area contributed by atoms with Gasteiger partial charge < -0.3 is 19.9 Å². The van der Waals surface area contributed by atoms with E-state index in [9.17, 15) is 4.79 Å². The lowest BCUT2D eigenvalue weighted by molar-refractivity contribution is -0.145. The average Bonchev–Trinajstić information content (AvgIpc) is 2.17. The van der Waals surface area contributed by atoms with E-state index < -0.39 is 11.5 Å². The molecule has 0 aromatic heterocycles. The molecule has 0 spiro atoms. The van der Waals surface area contributed by atoms with Gasteiger partial charge in [0.1, 0.15) is 5.54 Å². The summed E-state index contributed by atoms with van der Waals surface area (Å²) in [5.41, 5.74) is -0.924. The van der Waals surface area contributed by atoms with E-state index in [0.29, 0.717) is 19.6 Å². The van der Waals surface area contributed by atoms with Crippen LogP contribution in [0.1, 0.15) is 20.3 Å². The third-order valence-electron chi connectivity index (χ3n) is 2.43. The van der Waals surface area contributed by atoms with Gasteiger partial charge in [-0.3, -0.25) is 4.79 Å². The molecule has 0 aromatic carbocycles. The van der Waals surface area contributed by atoms with E-state index in [2.05, 4.69) is 5.32 Å². The summed E-state index contributed by atoms with van der Waals surface area (Å²) in [6.45, 7) is 4.44. The standard InChI is InChI=1S/C10H21NO4/c1-8(7-14-4)15-6-5-10(2,11-3)9(12)13/h8,11H,5-7H2,1-4H3,(H,12,13). The van der Waals surface area contributed by atoms with Crippen molar-refractivity contribution < 1.29 is 19.4 Å². The number of nitrogens with one attached hydrogen (secondary N) is 1. The molecule has 90 valence electrons. The summed E-state index contributed by atoms with van der Waals surface area (Å²) in [6, 6.07) is 0. The first kappa shape index (κ1) is 14.3. The van der Waals surface area contributed by atoms with Gasteiger partial charge in [0, 0.05) is 13.7 Å². The maximum Gasteiger partial charge on any atom is 0.323 e. The Morgan fingerprint density at radius 1 is 1.60 bits per heavy atom. The molecule has 2 N–H and O–H groups in total. The van der Waals surface area contributed by atoms with Gasteiger partial charge in [-0.15, -0.1) is 0 Å². The molecule has 0 heterocycles. The molecule has 0 aromatic rings. The third kappa shape index (κ3) is 5.11. The lowest BCUT2D eigenvalue weighted by atomic mass is 9.99. The summed E-state index contributed by atoms with van der Waals surface area (Å²) in [5, 5.41) is 11.7. The van der Waals surface area contributed by atoms with Crippen molar-refractivity contribution in [2.75, 3.05) is 27.4 Å². The van der Waals surface area contributed by atoms with Crippen molar-refractivity contribution in [3.8, 4) is 0 Å². The van der Waals surface area contributed by atoms with E-state index in [1.54, 1.807) is 21.1 Å². The van der Waals surface area contributed by atoms with E-state index in [1.807, 2.05) is 6.92 Å². The molecular weight excluding hydrogens is 198 g/mol. The summed E-state index contributed by atoms with van der Waals surface area (Å²) in [4.78, 5) is 10.9. The monoisotopic (exact) mass is 219 g/mol. The zero-order valence-electron chi connectivity index (χ0n) is 9.87. The first-order valence-corrected chi connectivity index (χ1v) is 4.99. The molecular formula is C10H21NO4. The molecule has 0 saturated heterocycles. The Morgan fingerprint density at radius 2 is 2.20 bits per heavy atom. The number of likely N-dealkylation sites (N-methyl/N-ethyl adjacent to an activating group) is 1. The number of carboxylic acid groups (broad SMARTS) is 1. The van der Waals surface area contributed by atoms with Gasteiger partial charge in [0.05, 0.1) is 12.7 Å². The van der Waals surface area contributed by atoms with Gasteiger partial charge >= 0.3 is 5.97 Å². The Kier molecular flexibility index (Phi) is 6.47. The van der Waals surface area contributed by atoms with Gasteiger partial charge in [-0.05, 0) is 27.3 Å². The van der Waals surface area contributed by atoms with Crippen LogP contribution in [0.15, 0.2) is 0 Å². The number of ether oxygens (including phenoxy) is 2.